The Labute approximate surface area is 155 Å². The molecule has 1 aliphatic heterocycles. The average Bonchev–Trinajstić information content (AvgIpc) is 3.24. The first-order valence-electron chi connectivity index (χ1n) is 8.09. The first-order chi connectivity index (χ1) is 13.1. The summed E-state index contributed by atoms with van der Waals surface area (Å²) in [5, 5.41) is 3.52. The van der Waals surface area contributed by atoms with Gasteiger partial charge in [0, 0.05) is 26.2 Å². The second kappa shape index (κ2) is 7.17. The third-order valence-corrected chi connectivity index (χ3v) is 4.27. The number of fused-ring (bicyclic) bond motifs is 2. The zero-order valence-electron chi connectivity index (χ0n) is 13.9. The molecule has 0 radical (unpaired) electrons. The van der Waals surface area contributed by atoms with Crippen LogP contribution in [0.5, 0.6) is 0 Å². The van der Waals surface area contributed by atoms with E-state index in [2.05, 4.69) is 50.1 Å². The number of aromatic nitrogens is 8. The van der Waals surface area contributed by atoms with E-state index in [9.17, 15) is 9.59 Å². The lowest BCUT2D eigenvalue weighted by molar-refractivity contribution is 0.586. The van der Waals surface area contributed by atoms with Gasteiger partial charge in [0.2, 0.25) is 0 Å². The molecule has 0 unspecified atom stereocenters. The van der Waals surface area contributed by atoms with Crippen molar-refractivity contribution in [2.45, 2.75) is 0 Å². The fourth-order valence-electron chi connectivity index (χ4n) is 2.78. The first kappa shape index (κ1) is 17.2. The predicted octanol–water partition coefficient (Wildman–Crippen LogP) is -0.645. The minimum Gasteiger partial charge on any atom is -0.352 e. The molecule has 0 aromatic carbocycles. The number of nitrogens with zero attached hydrogens (tertiary/aromatic N) is 5. The molecule has 0 spiro atoms. The number of rotatable bonds is 1. The number of hydrogen-bond donors (Lipinski definition) is 5. The molecular weight excluding hydrogens is 376 g/mol. The van der Waals surface area contributed by atoms with Crippen molar-refractivity contribution < 1.29 is 0 Å². The molecule has 140 valence electrons. The van der Waals surface area contributed by atoms with E-state index in [0.29, 0.717) is 22.3 Å². The van der Waals surface area contributed by atoms with Gasteiger partial charge in [0.1, 0.15) is 23.7 Å². The number of H-pyrrole nitrogens is 4. The van der Waals surface area contributed by atoms with Gasteiger partial charge in [-0.3, -0.25) is 9.97 Å². The summed E-state index contributed by atoms with van der Waals surface area (Å²) in [4.78, 5) is 50.1. The number of anilines is 1. The van der Waals surface area contributed by atoms with Gasteiger partial charge in [-0.25, -0.2) is 29.5 Å². The Morgan fingerprint density at radius 3 is 2.07 bits per heavy atom. The Morgan fingerprint density at radius 1 is 0.815 bits per heavy atom. The fraction of sp³-hybridized carbons (Fsp3) is 0.286. The second-order valence-electron chi connectivity index (χ2n) is 5.70. The number of hydrogen-bond acceptors (Lipinski definition) is 8. The van der Waals surface area contributed by atoms with Crippen LogP contribution in [0.3, 0.4) is 0 Å². The molecule has 1 fully saturated rings. The molecule has 5 rings (SSSR count). The smallest absolute Gasteiger partial charge is 0.325 e. The minimum absolute atomic E-state index is 0.244. The van der Waals surface area contributed by atoms with Crippen molar-refractivity contribution in [1.29, 1.82) is 0 Å². The average molecular weight is 391 g/mol. The highest BCUT2D eigenvalue weighted by Crippen LogP contribution is 2.18. The maximum absolute atomic E-state index is 11.2. The SMILES string of the molecule is O=c1[nH]c2ncnc(Cl)c2[nH]1.O=c1[nH]c2ncnc(N3CCNCC3)c2[nH]1. The zero-order valence-corrected chi connectivity index (χ0v) is 14.7. The monoisotopic (exact) mass is 390 g/mol. The van der Waals surface area contributed by atoms with Gasteiger partial charge in [-0.1, -0.05) is 11.6 Å². The maximum Gasteiger partial charge on any atom is 0.325 e. The minimum atomic E-state index is -0.331. The summed E-state index contributed by atoms with van der Waals surface area (Å²) in [6.45, 7) is 3.64. The molecule has 1 aliphatic rings. The summed E-state index contributed by atoms with van der Waals surface area (Å²) >= 11 is 5.63. The summed E-state index contributed by atoms with van der Waals surface area (Å²) < 4.78 is 0. The van der Waals surface area contributed by atoms with Crippen LogP contribution in [0.2, 0.25) is 5.15 Å². The molecule has 4 aromatic rings. The third-order valence-electron chi connectivity index (χ3n) is 3.99. The van der Waals surface area contributed by atoms with Crippen LogP contribution in [0.1, 0.15) is 0 Å². The van der Waals surface area contributed by atoms with Crippen molar-refractivity contribution in [3.63, 3.8) is 0 Å². The van der Waals surface area contributed by atoms with Crippen LogP contribution in [-0.2, 0) is 0 Å². The molecule has 0 amide bonds. The van der Waals surface area contributed by atoms with Gasteiger partial charge in [-0.15, -0.1) is 0 Å². The molecular formula is C14H15ClN10O2. The summed E-state index contributed by atoms with van der Waals surface area (Å²) in [5.74, 6) is 0.796. The van der Waals surface area contributed by atoms with E-state index in [1.807, 2.05) is 0 Å². The van der Waals surface area contributed by atoms with E-state index in [1.165, 1.54) is 12.7 Å². The van der Waals surface area contributed by atoms with E-state index < -0.39 is 0 Å². The Kier molecular flexibility index (Phi) is 4.56. The number of imidazole rings is 2. The van der Waals surface area contributed by atoms with Gasteiger partial charge in [0.05, 0.1) is 0 Å². The van der Waals surface area contributed by atoms with E-state index in [-0.39, 0.29) is 16.5 Å². The highest BCUT2D eigenvalue weighted by atomic mass is 35.5. The van der Waals surface area contributed by atoms with Crippen LogP contribution in [-0.4, -0.2) is 66.1 Å². The van der Waals surface area contributed by atoms with Crippen LogP contribution >= 0.6 is 11.6 Å². The molecule has 4 aromatic heterocycles. The summed E-state index contributed by atoms with van der Waals surface area (Å²) in [6.07, 6.45) is 2.76. The Hall–Kier alpha value is -3.25. The lowest BCUT2D eigenvalue weighted by atomic mass is 10.3. The van der Waals surface area contributed by atoms with E-state index in [0.717, 1.165) is 32.0 Å². The van der Waals surface area contributed by atoms with Crippen LogP contribution in [0, 0.1) is 0 Å². The molecule has 0 bridgehead atoms. The molecule has 5 heterocycles. The first-order valence-corrected chi connectivity index (χ1v) is 8.47. The van der Waals surface area contributed by atoms with Gasteiger partial charge in [0.15, 0.2) is 22.3 Å². The van der Waals surface area contributed by atoms with Gasteiger partial charge >= 0.3 is 11.4 Å². The van der Waals surface area contributed by atoms with Gasteiger partial charge in [-0.2, -0.15) is 0 Å². The van der Waals surface area contributed by atoms with E-state index in [1.54, 1.807) is 0 Å². The zero-order chi connectivity index (χ0) is 18.8. The van der Waals surface area contributed by atoms with E-state index >= 15 is 0 Å². The topological polar surface area (TPSA) is 164 Å². The quantitative estimate of drug-likeness (QED) is 0.268. The number of halogens is 1. The van der Waals surface area contributed by atoms with Crippen molar-refractivity contribution in [2.24, 2.45) is 0 Å². The molecule has 13 heteroatoms. The van der Waals surface area contributed by atoms with Crippen molar-refractivity contribution in [2.75, 3.05) is 31.1 Å². The van der Waals surface area contributed by atoms with Crippen LogP contribution in [0.4, 0.5) is 5.82 Å². The molecule has 0 saturated carbocycles. The van der Waals surface area contributed by atoms with Crippen molar-refractivity contribution in [3.05, 3.63) is 38.8 Å². The van der Waals surface area contributed by atoms with Gasteiger partial charge < -0.3 is 20.2 Å². The number of piperazine rings is 1. The fourth-order valence-corrected chi connectivity index (χ4v) is 2.96. The Bertz CT molecular complexity index is 1190. The normalized spacial score (nSPS) is 14.3. The molecule has 27 heavy (non-hydrogen) atoms. The highest BCUT2D eigenvalue weighted by molar-refractivity contribution is 6.33. The largest absolute Gasteiger partial charge is 0.352 e. The highest BCUT2D eigenvalue weighted by Gasteiger charge is 2.16. The van der Waals surface area contributed by atoms with Crippen LogP contribution < -0.4 is 21.6 Å². The lowest BCUT2D eigenvalue weighted by Gasteiger charge is -2.28. The van der Waals surface area contributed by atoms with Gasteiger partial charge in [0.25, 0.3) is 0 Å². The molecule has 12 nitrogen and oxygen atoms in total. The predicted molar refractivity (Wildman–Crippen MR) is 99.1 cm³/mol. The molecule has 0 atom stereocenters. The Morgan fingerprint density at radius 2 is 1.41 bits per heavy atom. The van der Waals surface area contributed by atoms with Crippen molar-refractivity contribution in [1.82, 2.24) is 45.2 Å². The summed E-state index contributed by atoms with van der Waals surface area (Å²) in [7, 11) is 0. The second-order valence-corrected chi connectivity index (χ2v) is 6.06. The number of aromatic amines is 4. The Balaban J connectivity index is 0.000000143. The number of nitrogens with one attached hydrogen (secondary N) is 5. The van der Waals surface area contributed by atoms with Crippen molar-refractivity contribution >= 4 is 39.7 Å². The van der Waals surface area contributed by atoms with Crippen LogP contribution in [0.25, 0.3) is 22.3 Å². The maximum atomic E-state index is 11.2. The molecule has 0 aliphatic carbocycles. The standard InChI is InChI=1S/C9H12N6O.C5H3ClN4O/c16-9-13-6-7(14-9)11-5-12-8(6)15-3-1-10-2-4-15;6-3-2-4(8-1-7-3)10-5(11)9-2/h5,10H,1-4H2,(H2,11,12,13,14,16);1H,(H2,7,8,9,10,11). The third kappa shape index (κ3) is 3.52. The van der Waals surface area contributed by atoms with Gasteiger partial charge in [-0.05, 0) is 0 Å². The summed E-state index contributed by atoms with van der Waals surface area (Å²) in [5.41, 5.74) is 1.55. The molecule has 5 N–H and O–H groups in total. The summed E-state index contributed by atoms with van der Waals surface area (Å²) in [6, 6.07) is 0. The lowest BCUT2D eigenvalue weighted by Crippen LogP contribution is -2.44. The van der Waals surface area contributed by atoms with Crippen molar-refractivity contribution in [3.8, 4) is 0 Å². The van der Waals surface area contributed by atoms with E-state index in [4.69, 9.17) is 11.6 Å². The molecule has 1 saturated heterocycles. The van der Waals surface area contributed by atoms with Crippen LogP contribution in [0.15, 0.2) is 22.2 Å².